The zero-order valence-corrected chi connectivity index (χ0v) is 17.8. The molecule has 2 saturated heterocycles. The van der Waals surface area contributed by atoms with Crippen LogP contribution in [0.2, 0.25) is 0 Å². The predicted molar refractivity (Wildman–Crippen MR) is 106 cm³/mol. The van der Waals surface area contributed by atoms with E-state index in [1.807, 2.05) is 25.8 Å². The fraction of sp³-hybridized carbons (Fsp3) is 0.824. The Labute approximate surface area is 173 Å². The highest BCUT2D eigenvalue weighted by atomic mass is 35.5. The number of amides is 1. The molecule has 1 aromatic rings. The van der Waals surface area contributed by atoms with E-state index in [9.17, 15) is 4.79 Å². The minimum Gasteiger partial charge on any atom is -0.364 e. The number of aromatic nitrogens is 2. The van der Waals surface area contributed by atoms with Crippen molar-refractivity contribution in [2.75, 3.05) is 26.7 Å². The second-order valence-electron chi connectivity index (χ2n) is 7.41. The summed E-state index contributed by atoms with van der Waals surface area (Å²) in [7, 11) is 2.04. The highest BCUT2D eigenvalue weighted by molar-refractivity contribution is 5.85. The SMILES string of the molecule is CC(C)c1nc(CN(C)C2CCN(C(=O)[C@@H]3CC[C@H](CN)O3)C2)no1.Cl.Cl. The van der Waals surface area contributed by atoms with Gasteiger partial charge in [-0.15, -0.1) is 24.8 Å². The number of halogens is 2. The van der Waals surface area contributed by atoms with Gasteiger partial charge in [0.15, 0.2) is 5.82 Å². The van der Waals surface area contributed by atoms with Crippen LogP contribution >= 0.6 is 24.8 Å². The van der Waals surface area contributed by atoms with Gasteiger partial charge >= 0.3 is 0 Å². The van der Waals surface area contributed by atoms with Crippen molar-refractivity contribution in [3.63, 3.8) is 0 Å². The van der Waals surface area contributed by atoms with Crippen molar-refractivity contribution in [1.29, 1.82) is 0 Å². The summed E-state index contributed by atoms with van der Waals surface area (Å²) in [5.74, 6) is 1.70. The highest BCUT2D eigenvalue weighted by Crippen LogP contribution is 2.24. The van der Waals surface area contributed by atoms with Crippen LogP contribution in [0, 0.1) is 0 Å². The van der Waals surface area contributed by atoms with Gasteiger partial charge in [0.25, 0.3) is 5.91 Å². The first-order chi connectivity index (χ1) is 12.0. The highest BCUT2D eigenvalue weighted by Gasteiger charge is 2.36. The lowest BCUT2D eigenvalue weighted by molar-refractivity contribution is -0.141. The molecule has 3 heterocycles. The summed E-state index contributed by atoms with van der Waals surface area (Å²) in [4.78, 5) is 21.2. The van der Waals surface area contributed by atoms with E-state index in [4.69, 9.17) is 15.0 Å². The van der Waals surface area contributed by atoms with E-state index in [1.54, 1.807) is 0 Å². The lowest BCUT2D eigenvalue weighted by atomic mass is 10.2. The number of likely N-dealkylation sites (N-methyl/N-ethyl adjacent to an activating group) is 1. The molecule has 0 spiro atoms. The molecule has 2 aliphatic heterocycles. The van der Waals surface area contributed by atoms with Crippen LogP contribution in [-0.2, 0) is 16.1 Å². The lowest BCUT2D eigenvalue weighted by Gasteiger charge is -2.24. The summed E-state index contributed by atoms with van der Waals surface area (Å²) in [5.41, 5.74) is 5.63. The number of hydrogen-bond acceptors (Lipinski definition) is 7. The van der Waals surface area contributed by atoms with Crippen LogP contribution in [0.4, 0.5) is 0 Å². The van der Waals surface area contributed by atoms with Gasteiger partial charge in [-0.1, -0.05) is 19.0 Å². The third-order valence-corrected chi connectivity index (χ3v) is 5.11. The molecule has 2 fully saturated rings. The Kier molecular flexibility index (Phi) is 9.44. The van der Waals surface area contributed by atoms with Crippen LogP contribution < -0.4 is 5.73 Å². The standard InChI is InChI=1S/C17H29N5O3.2ClH/c1-11(2)16-19-15(20-25-16)10-21(3)12-6-7-22(9-12)17(23)14-5-4-13(8-18)24-14;;/h11-14H,4-10,18H2,1-3H3;2*1H/t12?,13-,14+;;/m1../s1. The summed E-state index contributed by atoms with van der Waals surface area (Å²) in [6.45, 7) is 6.65. The molecule has 156 valence electrons. The van der Waals surface area contributed by atoms with Gasteiger partial charge in [0.2, 0.25) is 5.89 Å². The Morgan fingerprint density at radius 2 is 2.07 bits per heavy atom. The zero-order valence-electron chi connectivity index (χ0n) is 16.2. The zero-order chi connectivity index (χ0) is 18.0. The third-order valence-electron chi connectivity index (χ3n) is 5.11. The van der Waals surface area contributed by atoms with E-state index in [-0.39, 0.29) is 48.8 Å². The summed E-state index contributed by atoms with van der Waals surface area (Å²) in [6, 6.07) is 0.302. The van der Waals surface area contributed by atoms with E-state index in [2.05, 4.69) is 15.0 Å². The van der Waals surface area contributed by atoms with Crippen molar-refractivity contribution >= 4 is 30.7 Å². The quantitative estimate of drug-likeness (QED) is 0.740. The molecule has 10 heteroatoms. The Bertz CT molecular complexity index is 601. The molecule has 1 amide bonds. The van der Waals surface area contributed by atoms with Crippen molar-refractivity contribution in [1.82, 2.24) is 19.9 Å². The third kappa shape index (κ3) is 5.77. The number of nitrogens with two attached hydrogens (primary N) is 1. The molecular weight excluding hydrogens is 393 g/mol. The molecule has 0 aromatic carbocycles. The second-order valence-corrected chi connectivity index (χ2v) is 7.41. The Balaban J connectivity index is 0.00000182. The van der Waals surface area contributed by atoms with Gasteiger partial charge < -0.3 is 19.9 Å². The maximum atomic E-state index is 12.6. The summed E-state index contributed by atoms with van der Waals surface area (Å²) in [6.07, 6.45) is 2.31. The van der Waals surface area contributed by atoms with Crippen molar-refractivity contribution in [3.05, 3.63) is 11.7 Å². The first-order valence-electron chi connectivity index (χ1n) is 9.15. The van der Waals surface area contributed by atoms with Gasteiger partial charge in [-0.25, -0.2) is 0 Å². The van der Waals surface area contributed by atoms with Crippen LogP contribution in [0.3, 0.4) is 0 Å². The van der Waals surface area contributed by atoms with Gasteiger partial charge in [-0.3, -0.25) is 9.69 Å². The first kappa shape index (κ1) is 24.1. The average molecular weight is 424 g/mol. The molecule has 2 aliphatic rings. The Hall–Kier alpha value is -0.930. The normalized spacial score (nSPS) is 25.0. The number of carbonyl (C=O) groups excluding carboxylic acids is 1. The minimum absolute atomic E-state index is 0. The molecule has 0 bridgehead atoms. The maximum absolute atomic E-state index is 12.6. The van der Waals surface area contributed by atoms with Crippen molar-refractivity contribution < 1.29 is 14.1 Å². The molecule has 0 aliphatic carbocycles. The van der Waals surface area contributed by atoms with Crippen LogP contribution in [0.15, 0.2) is 4.52 Å². The Morgan fingerprint density at radius 3 is 2.67 bits per heavy atom. The van der Waals surface area contributed by atoms with Crippen LogP contribution in [0.25, 0.3) is 0 Å². The van der Waals surface area contributed by atoms with Gasteiger partial charge in [-0.2, -0.15) is 4.98 Å². The molecule has 0 radical (unpaired) electrons. The molecule has 3 atom stereocenters. The molecule has 27 heavy (non-hydrogen) atoms. The minimum atomic E-state index is -0.316. The number of ether oxygens (including phenoxy) is 1. The number of carbonyl (C=O) groups is 1. The largest absolute Gasteiger partial charge is 0.364 e. The van der Waals surface area contributed by atoms with E-state index in [0.717, 1.165) is 32.4 Å². The van der Waals surface area contributed by atoms with Crippen LogP contribution in [-0.4, -0.2) is 70.8 Å². The number of likely N-dealkylation sites (tertiary alicyclic amines) is 1. The first-order valence-corrected chi connectivity index (χ1v) is 9.15. The van der Waals surface area contributed by atoms with Gasteiger partial charge in [0.1, 0.15) is 6.10 Å². The maximum Gasteiger partial charge on any atom is 0.251 e. The smallest absolute Gasteiger partial charge is 0.251 e. The molecule has 0 saturated carbocycles. The number of nitrogens with zero attached hydrogens (tertiary/aromatic N) is 4. The number of rotatable bonds is 6. The van der Waals surface area contributed by atoms with Crippen molar-refractivity contribution in [2.24, 2.45) is 5.73 Å². The van der Waals surface area contributed by atoms with Gasteiger partial charge in [-0.05, 0) is 26.3 Å². The average Bonchev–Trinajstić information content (AvgIpc) is 3.33. The lowest BCUT2D eigenvalue weighted by Crippen LogP contribution is -2.41. The number of hydrogen-bond donors (Lipinski definition) is 1. The molecule has 1 aromatic heterocycles. The Morgan fingerprint density at radius 1 is 1.33 bits per heavy atom. The molecule has 8 nitrogen and oxygen atoms in total. The van der Waals surface area contributed by atoms with Crippen LogP contribution in [0.1, 0.15) is 50.7 Å². The topological polar surface area (TPSA) is 97.7 Å². The second kappa shape index (κ2) is 10.6. The van der Waals surface area contributed by atoms with Gasteiger partial charge in [0.05, 0.1) is 12.6 Å². The molecular formula is C17H31Cl2N5O3. The fourth-order valence-electron chi connectivity index (χ4n) is 3.48. The van der Waals surface area contributed by atoms with E-state index < -0.39 is 0 Å². The predicted octanol–water partition coefficient (Wildman–Crippen LogP) is 1.58. The molecule has 2 N–H and O–H groups in total. The summed E-state index contributed by atoms with van der Waals surface area (Å²) >= 11 is 0. The summed E-state index contributed by atoms with van der Waals surface area (Å²) in [5, 5.41) is 4.04. The molecule has 3 rings (SSSR count). The van der Waals surface area contributed by atoms with Crippen molar-refractivity contribution in [2.45, 2.75) is 63.8 Å². The fourth-order valence-corrected chi connectivity index (χ4v) is 3.48. The summed E-state index contributed by atoms with van der Waals surface area (Å²) < 4.78 is 11.0. The van der Waals surface area contributed by atoms with Gasteiger partial charge in [0, 0.05) is 31.6 Å². The van der Waals surface area contributed by atoms with E-state index >= 15 is 0 Å². The molecule has 1 unspecified atom stereocenters. The van der Waals surface area contributed by atoms with E-state index in [0.29, 0.717) is 30.8 Å². The van der Waals surface area contributed by atoms with Crippen molar-refractivity contribution in [3.8, 4) is 0 Å². The van der Waals surface area contributed by atoms with Crippen LogP contribution in [0.5, 0.6) is 0 Å². The monoisotopic (exact) mass is 423 g/mol. The van der Waals surface area contributed by atoms with E-state index in [1.165, 1.54) is 0 Å².